The van der Waals surface area contributed by atoms with Gasteiger partial charge in [-0.15, -0.1) is 0 Å². The van der Waals surface area contributed by atoms with E-state index >= 15 is 0 Å². The number of ketones is 1. The van der Waals surface area contributed by atoms with E-state index in [1.165, 1.54) is 19.0 Å². The second kappa shape index (κ2) is 8.47. The average molecular weight is 380 g/mol. The molecule has 2 aromatic carbocycles. The number of nitrogens with zero attached hydrogens (tertiary/aromatic N) is 2. The van der Waals surface area contributed by atoms with Crippen LogP contribution in [-0.4, -0.2) is 30.5 Å². The number of benzene rings is 2. The predicted molar refractivity (Wildman–Crippen MR) is 103 cm³/mol. The Morgan fingerprint density at radius 1 is 1.11 bits per heavy atom. The molecule has 0 aromatic heterocycles. The third-order valence-electron chi connectivity index (χ3n) is 4.31. The summed E-state index contributed by atoms with van der Waals surface area (Å²) in [6.45, 7) is 1.39. The molecule has 1 amide bonds. The fourth-order valence-electron chi connectivity index (χ4n) is 2.81. The molecule has 0 unspecified atom stereocenters. The minimum atomic E-state index is -0.608. The summed E-state index contributed by atoms with van der Waals surface area (Å²) in [6, 6.07) is 13.9. The topological polar surface area (TPSA) is 85.3 Å². The molecule has 1 heterocycles. The van der Waals surface area contributed by atoms with Crippen LogP contribution in [0.5, 0.6) is 5.75 Å². The van der Waals surface area contributed by atoms with Crippen LogP contribution in [0.15, 0.2) is 53.6 Å². The van der Waals surface area contributed by atoms with E-state index in [2.05, 4.69) is 5.10 Å². The predicted octanol–water partition coefficient (Wildman–Crippen LogP) is 3.12. The summed E-state index contributed by atoms with van der Waals surface area (Å²) in [7, 11) is 1.50. The quantitative estimate of drug-likeness (QED) is 0.568. The van der Waals surface area contributed by atoms with Gasteiger partial charge in [0.25, 0.3) is 0 Å². The molecule has 0 aliphatic carbocycles. The van der Waals surface area contributed by atoms with E-state index in [-0.39, 0.29) is 36.9 Å². The highest BCUT2D eigenvalue weighted by Gasteiger charge is 2.26. The van der Waals surface area contributed by atoms with E-state index in [4.69, 9.17) is 9.47 Å². The van der Waals surface area contributed by atoms with Crippen LogP contribution in [0.25, 0.3) is 0 Å². The van der Waals surface area contributed by atoms with Gasteiger partial charge >= 0.3 is 5.97 Å². The van der Waals surface area contributed by atoms with Crippen LogP contribution in [-0.2, 0) is 20.9 Å². The van der Waals surface area contributed by atoms with Crippen LogP contribution < -0.4 is 9.75 Å². The monoisotopic (exact) mass is 380 g/mol. The van der Waals surface area contributed by atoms with E-state index in [1.807, 2.05) is 6.07 Å². The van der Waals surface area contributed by atoms with E-state index in [9.17, 15) is 14.4 Å². The minimum absolute atomic E-state index is 0.0680. The number of Topliss-reactive ketones (excluding diaryl/α,β-unsaturated/α-hetero) is 1. The number of carbonyl (C=O) groups excluding carboxylic acids is 3. The number of methoxy groups -OCH3 is 1. The van der Waals surface area contributed by atoms with Crippen molar-refractivity contribution in [3.05, 3.63) is 59.7 Å². The van der Waals surface area contributed by atoms with Gasteiger partial charge in [0.2, 0.25) is 5.91 Å². The van der Waals surface area contributed by atoms with Crippen LogP contribution in [0, 0.1) is 0 Å². The largest absolute Gasteiger partial charge is 0.496 e. The van der Waals surface area contributed by atoms with E-state index in [1.54, 1.807) is 42.5 Å². The van der Waals surface area contributed by atoms with Gasteiger partial charge in [0.1, 0.15) is 18.1 Å². The Morgan fingerprint density at radius 2 is 1.86 bits per heavy atom. The molecule has 144 valence electrons. The van der Waals surface area contributed by atoms with E-state index < -0.39 is 5.97 Å². The van der Waals surface area contributed by atoms with Crippen molar-refractivity contribution in [3.8, 4) is 5.75 Å². The fraction of sp³-hybridized carbons (Fsp3) is 0.238. The molecule has 0 atom stereocenters. The summed E-state index contributed by atoms with van der Waals surface area (Å²) in [5.74, 6) is -0.365. The third kappa shape index (κ3) is 4.25. The maximum absolute atomic E-state index is 12.5. The highest BCUT2D eigenvalue weighted by Crippen LogP contribution is 2.23. The Bertz CT molecular complexity index is 937. The first-order valence-corrected chi connectivity index (χ1v) is 8.80. The first-order chi connectivity index (χ1) is 13.5. The maximum Gasteiger partial charge on any atom is 0.354 e. The molecule has 0 fully saturated rings. The molecule has 28 heavy (non-hydrogen) atoms. The number of ether oxygens (including phenoxy) is 2. The van der Waals surface area contributed by atoms with Crippen molar-refractivity contribution in [2.24, 2.45) is 5.10 Å². The molecule has 7 nitrogen and oxygen atoms in total. The first kappa shape index (κ1) is 19.3. The van der Waals surface area contributed by atoms with Crippen molar-refractivity contribution in [2.75, 3.05) is 12.1 Å². The number of para-hydroxylation sites is 1. The molecular formula is C21H20N2O5. The third-order valence-corrected chi connectivity index (χ3v) is 4.31. The van der Waals surface area contributed by atoms with Gasteiger partial charge < -0.3 is 9.47 Å². The van der Waals surface area contributed by atoms with E-state index in [0.717, 1.165) is 0 Å². The lowest BCUT2D eigenvalue weighted by molar-refractivity contribution is -0.137. The van der Waals surface area contributed by atoms with Crippen LogP contribution in [0.1, 0.15) is 35.7 Å². The summed E-state index contributed by atoms with van der Waals surface area (Å²) < 4.78 is 10.6. The van der Waals surface area contributed by atoms with Crippen LogP contribution >= 0.6 is 0 Å². The summed E-state index contributed by atoms with van der Waals surface area (Å²) in [4.78, 5) is 36.2. The Hall–Kier alpha value is -3.48. The normalized spacial score (nSPS) is 13.7. The summed E-state index contributed by atoms with van der Waals surface area (Å²) in [5.41, 5.74) is 1.84. The second-order valence-electron chi connectivity index (χ2n) is 6.25. The van der Waals surface area contributed by atoms with E-state index in [0.29, 0.717) is 22.6 Å². The zero-order valence-corrected chi connectivity index (χ0v) is 15.7. The molecule has 2 aromatic rings. The molecule has 3 rings (SSSR count). The zero-order chi connectivity index (χ0) is 20.1. The van der Waals surface area contributed by atoms with Gasteiger partial charge in [-0.05, 0) is 37.3 Å². The number of amides is 1. The highest BCUT2D eigenvalue weighted by atomic mass is 16.5. The van der Waals surface area contributed by atoms with Crippen LogP contribution in [0.3, 0.4) is 0 Å². The van der Waals surface area contributed by atoms with Crippen molar-refractivity contribution >= 4 is 29.1 Å². The Balaban J connectivity index is 1.75. The molecular weight excluding hydrogens is 360 g/mol. The number of esters is 1. The highest BCUT2D eigenvalue weighted by molar-refractivity contribution is 6.38. The van der Waals surface area contributed by atoms with Gasteiger partial charge in [-0.2, -0.15) is 5.10 Å². The lowest BCUT2D eigenvalue weighted by atomic mass is 10.1. The lowest BCUT2D eigenvalue weighted by Crippen LogP contribution is -2.34. The van der Waals surface area contributed by atoms with Crippen LogP contribution in [0.2, 0.25) is 0 Å². The van der Waals surface area contributed by atoms with Gasteiger partial charge in [0.15, 0.2) is 5.78 Å². The number of hydrogen-bond acceptors (Lipinski definition) is 6. The summed E-state index contributed by atoms with van der Waals surface area (Å²) in [6.07, 6.45) is 0.386. The SMILES string of the molecule is COc1ccc(C(C)=O)cc1COC(=O)C1=NN(c2ccccc2)C(=O)CC1. The van der Waals surface area contributed by atoms with Gasteiger partial charge in [-0.3, -0.25) is 9.59 Å². The smallest absolute Gasteiger partial charge is 0.354 e. The van der Waals surface area contributed by atoms with Crippen molar-refractivity contribution in [3.63, 3.8) is 0 Å². The van der Waals surface area contributed by atoms with Gasteiger partial charge in [0, 0.05) is 24.0 Å². The number of rotatable bonds is 6. The van der Waals surface area contributed by atoms with Crippen molar-refractivity contribution in [2.45, 2.75) is 26.4 Å². The van der Waals surface area contributed by atoms with Gasteiger partial charge in [0.05, 0.1) is 12.8 Å². The van der Waals surface area contributed by atoms with Crippen LogP contribution in [0.4, 0.5) is 5.69 Å². The molecule has 0 N–H and O–H groups in total. The Kier molecular flexibility index (Phi) is 5.84. The standard InChI is InChI=1S/C21H20N2O5/c1-14(24)15-8-10-19(27-2)16(12-15)13-28-21(26)18-9-11-20(25)23(22-18)17-6-4-3-5-7-17/h3-8,10,12H,9,11,13H2,1-2H3. The molecule has 0 saturated heterocycles. The maximum atomic E-state index is 12.5. The van der Waals surface area contributed by atoms with Gasteiger partial charge in [-0.25, -0.2) is 9.80 Å². The molecule has 0 bridgehead atoms. The minimum Gasteiger partial charge on any atom is -0.496 e. The Morgan fingerprint density at radius 3 is 2.54 bits per heavy atom. The van der Waals surface area contributed by atoms with Crippen molar-refractivity contribution < 1.29 is 23.9 Å². The molecule has 1 aliphatic heterocycles. The zero-order valence-electron chi connectivity index (χ0n) is 15.7. The van der Waals surface area contributed by atoms with Crippen molar-refractivity contribution in [1.29, 1.82) is 0 Å². The number of carbonyl (C=O) groups is 3. The van der Waals surface area contributed by atoms with Gasteiger partial charge in [-0.1, -0.05) is 18.2 Å². The number of hydrogen-bond donors (Lipinski definition) is 0. The van der Waals surface area contributed by atoms with Crippen molar-refractivity contribution in [1.82, 2.24) is 0 Å². The summed E-state index contributed by atoms with van der Waals surface area (Å²) >= 11 is 0. The first-order valence-electron chi connectivity index (χ1n) is 8.80. The fourth-order valence-corrected chi connectivity index (χ4v) is 2.81. The average Bonchev–Trinajstić information content (AvgIpc) is 2.72. The Labute approximate surface area is 162 Å². The molecule has 1 aliphatic rings. The molecule has 0 saturated carbocycles. The lowest BCUT2D eigenvalue weighted by Gasteiger charge is -2.22. The molecule has 0 spiro atoms. The molecule has 0 radical (unpaired) electrons. The molecule has 7 heteroatoms. The number of anilines is 1. The second-order valence-corrected chi connectivity index (χ2v) is 6.25. The number of hydrazone groups is 1. The summed E-state index contributed by atoms with van der Waals surface area (Å²) in [5, 5.41) is 5.39.